The average Bonchev–Trinajstić information content (AvgIpc) is 2.92. The summed E-state index contributed by atoms with van der Waals surface area (Å²) in [6, 6.07) is 9.73. The molecule has 1 amide bonds. The quantitative estimate of drug-likeness (QED) is 0.786. The van der Waals surface area contributed by atoms with Crippen molar-refractivity contribution in [1.29, 1.82) is 0 Å². The molecule has 1 aliphatic rings. The maximum absolute atomic E-state index is 13.0. The molecule has 28 heavy (non-hydrogen) atoms. The number of carbonyl (C=O) groups is 1. The van der Waals surface area contributed by atoms with Crippen molar-refractivity contribution in [3.63, 3.8) is 0 Å². The molecule has 2 aromatic carbocycles. The summed E-state index contributed by atoms with van der Waals surface area (Å²) in [6.45, 7) is 4.47. The predicted molar refractivity (Wildman–Crippen MR) is 109 cm³/mol. The molecule has 0 aromatic heterocycles. The van der Waals surface area contributed by atoms with Gasteiger partial charge in [0, 0.05) is 30.9 Å². The SMILES string of the molecule is Cc1ccc(C(=O)N2CCCNCC2)cc1S(=O)(=O)Nc1ccc(F)cc1.Cl. The molecular weight excluding hydrogens is 405 g/mol. The third-order valence-electron chi connectivity index (χ3n) is 4.45. The maximum Gasteiger partial charge on any atom is 0.262 e. The summed E-state index contributed by atoms with van der Waals surface area (Å²) >= 11 is 0. The molecule has 3 rings (SSSR count). The number of rotatable bonds is 4. The summed E-state index contributed by atoms with van der Waals surface area (Å²) in [6.07, 6.45) is 0.856. The number of hydrogen-bond acceptors (Lipinski definition) is 4. The molecule has 6 nitrogen and oxygen atoms in total. The summed E-state index contributed by atoms with van der Waals surface area (Å²) < 4.78 is 41.0. The number of anilines is 1. The zero-order valence-electron chi connectivity index (χ0n) is 15.4. The fourth-order valence-electron chi connectivity index (χ4n) is 2.98. The lowest BCUT2D eigenvalue weighted by atomic mass is 10.1. The van der Waals surface area contributed by atoms with Crippen LogP contribution in [0.25, 0.3) is 0 Å². The van der Waals surface area contributed by atoms with Crippen LogP contribution in [0.3, 0.4) is 0 Å². The van der Waals surface area contributed by atoms with Gasteiger partial charge in [-0.05, 0) is 61.9 Å². The van der Waals surface area contributed by atoms with Gasteiger partial charge in [-0.25, -0.2) is 12.8 Å². The predicted octanol–water partition coefficient (Wildman–Crippen LogP) is 2.79. The Morgan fingerprint density at radius 1 is 1.11 bits per heavy atom. The van der Waals surface area contributed by atoms with Crippen LogP contribution in [-0.2, 0) is 10.0 Å². The topological polar surface area (TPSA) is 78.5 Å². The molecule has 0 spiro atoms. The number of nitrogens with zero attached hydrogens (tertiary/aromatic N) is 1. The normalized spacial score (nSPS) is 14.7. The van der Waals surface area contributed by atoms with Gasteiger partial charge < -0.3 is 10.2 Å². The Labute approximate surface area is 170 Å². The second-order valence-electron chi connectivity index (χ2n) is 6.49. The molecule has 0 atom stereocenters. The standard InChI is InChI=1S/C19H22FN3O3S.ClH/c1-14-3-4-15(19(24)23-11-2-9-21-10-12-23)13-18(14)27(25,26)22-17-7-5-16(20)6-8-17;/h3-8,13,21-22H,2,9-12H2,1H3;1H. The Bertz CT molecular complexity index is 928. The lowest BCUT2D eigenvalue weighted by Gasteiger charge is -2.20. The highest BCUT2D eigenvalue weighted by Crippen LogP contribution is 2.22. The lowest BCUT2D eigenvalue weighted by Crippen LogP contribution is -2.34. The minimum Gasteiger partial charge on any atom is -0.337 e. The summed E-state index contributed by atoms with van der Waals surface area (Å²) in [4.78, 5) is 14.5. The summed E-state index contributed by atoms with van der Waals surface area (Å²) in [5, 5.41) is 3.23. The smallest absolute Gasteiger partial charge is 0.262 e. The second-order valence-corrected chi connectivity index (χ2v) is 8.14. The molecule has 2 N–H and O–H groups in total. The van der Waals surface area contributed by atoms with Crippen molar-refractivity contribution in [2.45, 2.75) is 18.2 Å². The molecule has 9 heteroatoms. The average molecular weight is 428 g/mol. The first-order chi connectivity index (χ1) is 12.9. The van der Waals surface area contributed by atoms with Gasteiger partial charge in [0.25, 0.3) is 15.9 Å². The fourth-order valence-corrected chi connectivity index (χ4v) is 4.31. The molecule has 2 aromatic rings. The number of aryl methyl sites for hydroxylation is 1. The molecule has 1 heterocycles. The highest BCUT2D eigenvalue weighted by Gasteiger charge is 2.22. The second kappa shape index (κ2) is 9.36. The van der Waals surface area contributed by atoms with E-state index in [4.69, 9.17) is 0 Å². The van der Waals surface area contributed by atoms with Crippen molar-refractivity contribution in [3.05, 3.63) is 59.4 Å². The van der Waals surface area contributed by atoms with Crippen LogP contribution in [0.1, 0.15) is 22.3 Å². The van der Waals surface area contributed by atoms with Crippen molar-refractivity contribution in [2.24, 2.45) is 0 Å². The van der Waals surface area contributed by atoms with Crippen molar-refractivity contribution < 1.29 is 17.6 Å². The number of benzene rings is 2. The van der Waals surface area contributed by atoms with E-state index in [1.54, 1.807) is 24.0 Å². The van der Waals surface area contributed by atoms with Gasteiger partial charge >= 0.3 is 0 Å². The maximum atomic E-state index is 13.0. The van der Waals surface area contributed by atoms with Crippen molar-refractivity contribution in [2.75, 3.05) is 30.9 Å². The molecule has 152 valence electrons. The van der Waals surface area contributed by atoms with Crippen LogP contribution >= 0.6 is 12.4 Å². The molecular formula is C19H23ClFN3O3S. The van der Waals surface area contributed by atoms with Gasteiger partial charge in [-0.2, -0.15) is 0 Å². The Morgan fingerprint density at radius 3 is 2.54 bits per heavy atom. The van der Waals surface area contributed by atoms with Crippen LogP contribution in [-0.4, -0.2) is 45.4 Å². The molecule has 0 saturated carbocycles. The Balaban J connectivity index is 0.00000280. The van der Waals surface area contributed by atoms with Crippen LogP contribution < -0.4 is 10.0 Å². The van der Waals surface area contributed by atoms with Gasteiger partial charge in [-0.15, -0.1) is 12.4 Å². The van der Waals surface area contributed by atoms with Crippen molar-refractivity contribution >= 4 is 34.0 Å². The van der Waals surface area contributed by atoms with Crippen molar-refractivity contribution in [3.8, 4) is 0 Å². The molecule has 0 bridgehead atoms. The number of sulfonamides is 1. The highest BCUT2D eigenvalue weighted by atomic mass is 35.5. The van der Waals surface area contributed by atoms with Crippen molar-refractivity contribution in [1.82, 2.24) is 10.2 Å². The monoisotopic (exact) mass is 427 g/mol. The Morgan fingerprint density at radius 2 is 1.82 bits per heavy atom. The first-order valence-electron chi connectivity index (χ1n) is 8.76. The van der Waals surface area contributed by atoms with E-state index in [1.165, 1.54) is 30.3 Å². The molecule has 1 saturated heterocycles. The van der Waals surface area contributed by atoms with E-state index >= 15 is 0 Å². The third-order valence-corrected chi connectivity index (χ3v) is 5.97. The van der Waals surface area contributed by atoms with E-state index in [1.807, 2.05) is 0 Å². The van der Waals surface area contributed by atoms with Crippen LogP contribution in [0.15, 0.2) is 47.4 Å². The van der Waals surface area contributed by atoms with Gasteiger partial charge in [0.1, 0.15) is 5.82 Å². The summed E-state index contributed by atoms with van der Waals surface area (Å²) in [5.41, 5.74) is 1.12. The summed E-state index contributed by atoms with van der Waals surface area (Å²) in [7, 11) is -3.91. The van der Waals surface area contributed by atoms with E-state index < -0.39 is 15.8 Å². The number of amides is 1. The number of hydrogen-bond donors (Lipinski definition) is 2. The zero-order chi connectivity index (χ0) is 19.4. The minimum absolute atomic E-state index is 0. The van der Waals surface area contributed by atoms with E-state index in [-0.39, 0.29) is 28.9 Å². The van der Waals surface area contributed by atoms with Gasteiger partial charge in [0.2, 0.25) is 0 Å². The van der Waals surface area contributed by atoms with Crippen LogP contribution in [0.4, 0.5) is 10.1 Å². The number of carbonyl (C=O) groups excluding carboxylic acids is 1. The van der Waals surface area contributed by atoms with Gasteiger partial charge in [-0.3, -0.25) is 9.52 Å². The Kier molecular flexibility index (Phi) is 7.40. The first kappa shape index (κ1) is 22.1. The minimum atomic E-state index is -3.91. The largest absolute Gasteiger partial charge is 0.337 e. The van der Waals surface area contributed by atoms with E-state index in [9.17, 15) is 17.6 Å². The van der Waals surface area contributed by atoms with E-state index in [0.29, 0.717) is 24.2 Å². The van der Waals surface area contributed by atoms with Crippen LogP contribution in [0.5, 0.6) is 0 Å². The third kappa shape index (κ3) is 5.21. The molecule has 0 radical (unpaired) electrons. The highest BCUT2D eigenvalue weighted by molar-refractivity contribution is 7.92. The van der Waals surface area contributed by atoms with Gasteiger partial charge in [0.15, 0.2) is 0 Å². The summed E-state index contributed by atoms with van der Waals surface area (Å²) in [5.74, 6) is -0.634. The van der Waals surface area contributed by atoms with E-state index in [2.05, 4.69) is 10.0 Å². The molecule has 0 unspecified atom stereocenters. The first-order valence-corrected chi connectivity index (χ1v) is 10.2. The number of halogens is 2. The van der Waals surface area contributed by atoms with Gasteiger partial charge in [-0.1, -0.05) is 6.07 Å². The van der Waals surface area contributed by atoms with Crippen LogP contribution in [0, 0.1) is 12.7 Å². The zero-order valence-corrected chi connectivity index (χ0v) is 17.1. The fraction of sp³-hybridized carbons (Fsp3) is 0.316. The Hall–Kier alpha value is -2.16. The lowest BCUT2D eigenvalue weighted by molar-refractivity contribution is 0.0766. The van der Waals surface area contributed by atoms with E-state index in [0.717, 1.165) is 19.5 Å². The van der Waals surface area contributed by atoms with Gasteiger partial charge in [0.05, 0.1) is 4.90 Å². The molecule has 0 aliphatic carbocycles. The molecule has 1 fully saturated rings. The van der Waals surface area contributed by atoms with Crippen LogP contribution in [0.2, 0.25) is 0 Å². The number of nitrogens with one attached hydrogen (secondary N) is 2. The molecule has 1 aliphatic heterocycles.